The second-order valence-electron chi connectivity index (χ2n) is 6.68. The van der Waals surface area contributed by atoms with E-state index in [1.54, 1.807) is 24.3 Å². The summed E-state index contributed by atoms with van der Waals surface area (Å²) in [7, 11) is -3.60. The highest BCUT2D eigenvalue weighted by molar-refractivity contribution is 7.89. The summed E-state index contributed by atoms with van der Waals surface area (Å²) in [5.41, 5.74) is 0.992. The fourth-order valence-electron chi connectivity index (χ4n) is 2.94. The summed E-state index contributed by atoms with van der Waals surface area (Å²) in [6.07, 6.45) is 3.21. The Labute approximate surface area is 147 Å². The van der Waals surface area contributed by atoms with Crippen molar-refractivity contribution in [2.75, 3.05) is 13.1 Å². The number of carbonyl (C=O) groups excluding carboxylic acids is 2. The predicted octanol–water partition coefficient (Wildman–Crippen LogP) is 0.543. The lowest BCUT2D eigenvalue weighted by Gasteiger charge is -2.24. The second-order valence-corrected chi connectivity index (χ2v) is 8.57. The quantitative estimate of drug-likeness (QED) is 0.745. The molecular weight excluding hydrogens is 342 g/mol. The summed E-state index contributed by atoms with van der Waals surface area (Å²) in [6, 6.07) is 6.51. The molecule has 1 aromatic rings. The molecule has 25 heavy (non-hydrogen) atoms. The van der Waals surface area contributed by atoms with Gasteiger partial charge in [-0.25, -0.2) is 8.42 Å². The summed E-state index contributed by atoms with van der Waals surface area (Å²) in [6.45, 7) is 2.46. The van der Waals surface area contributed by atoms with E-state index in [-0.39, 0.29) is 23.5 Å². The van der Waals surface area contributed by atoms with Crippen LogP contribution in [-0.2, 0) is 19.6 Å². The Kier molecular flexibility index (Phi) is 5.10. The summed E-state index contributed by atoms with van der Waals surface area (Å²) in [5, 5.41) is 5.18. The molecule has 0 spiro atoms. The van der Waals surface area contributed by atoms with Gasteiger partial charge in [0.25, 0.3) is 0 Å². The van der Waals surface area contributed by atoms with Gasteiger partial charge in [-0.2, -0.15) is 4.31 Å². The number of hydrogen-bond acceptors (Lipinski definition) is 4. The SMILES string of the molecule is Cc1ccc(S(=O)(=O)N2CCC[C@H]2CNC(=O)C(=O)NC2CC2)cc1. The van der Waals surface area contributed by atoms with Gasteiger partial charge in [0.2, 0.25) is 10.0 Å². The lowest BCUT2D eigenvalue weighted by Crippen LogP contribution is -2.47. The maximum atomic E-state index is 12.8. The third-order valence-electron chi connectivity index (χ3n) is 4.57. The molecule has 1 atom stereocenters. The monoisotopic (exact) mass is 365 g/mol. The standard InChI is InChI=1S/C17H23N3O4S/c1-12-4-8-15(9-5-12)25(23,24)20-10-2-3-14(20)11-18-16(21)17(22)19-13-6-7-13/h4-5,8-9,13-14H,2-3,6-7,10-11H2,1H3,(H,18,21)(H,19,22)/t14-/m0/s1. The van der Waals surface area contributed by atoms with Crippen LogP contribution < -0.4 is 10.6 Å². The molecule has 1 aromatic carbocycles. The van der Waals surface area contributed by atoms with Crippen molar-refractivity contribution in [2.45, 2.75) is 49.6 Å². The number of aryl methyl sites for hydroxylation is 1. The van der Waals surface area contributed by atoms with E-state index in [1.807, 2.05) is 6.92 Å². The molecule has 2 aliphatic rings. The van der Waals surface area contributed by atoms with Crippen molar-refractivity contribution in [1.82, 2.24) is 14.9 Å². The van der Waals surface area contributed by atoms with Crippen LogP contribution in [0.15, 0.2) is 29.2 Å². The topological polar surface area (TPSA) is 95.6 Å². The lowest BCUT2D eigenvalue weighted by molar-refractivity contribution is -0.139. The van der Waals surface area contributed by atoms with E-state index >= 15 is 0 Å². The van der Waals surface area contributed by atoms with Crippen LogP contribution in [0.4, 0.5) is 0 Å². The number of hydrogen-bond donors (Lipinski definition) is 2. The van der Waals surface area contributed by atoms with Gasteiger partial charge in [-0.1, -0.05) is 17.7 Å². The zero-order chi connectivity index (χ0) is 18.0. The lowest BCUT2D eigenvalue weighted by atomic mass is 10.2. The van der Waals surface area contributed by atoms with Gasteiger partial charge in [-0.05, 0) is 44.7 Å². The molecule has 1 aliphatic heterocycles. The Balaban J connectivity index is 1.62. The summed E-state index contributed by atoms with van der Waals surface area (Å²) in [4.78, 5) is 23.8. The number of sulfonamides is 1. The first-order valence-corrected chi connectivity index (χ1v) is 9.99. The van der Waals surface area contributed by atoms with Crippen LogP contribution >= 0.6 is 0 Å². The van der Waals surface area contributed by atoms with Gasteiger partial charge in [0.15, 0.2) is 0 Å². The highest BCUT2D eigenvalue weighted by Crippen LogP contribution is 2.26. The molecule has 0 aromatic heterocycles. The molecule has 8 heteroatoms. The maximum absolute atomic E-state index is 12.8. The van der Waals surface area contributed by atoms with Crippen molar-refractivity contribution in [2.24, 2.45) is 0 Å². The van der Waals surface area contributed by atoms with Crippen LogP contribution in [0.3, 0.4) is 0 Å². The zero-order valence-electron chi connectivity index (χ0n) is 14.2. The van der Waals surface area contributed by atoms with Crippen LogP contribution in [-0.4, -0.2) is 49.7 Å². The van der Waals surface area contributed by atoms with E-state index in [0.717, 1.165) is 24.8 Å². The maximum Gasteiger partial charge on any atom is 0.309 e. The molecule has 3 rings (SSSR count). The first-order valence-electron chi connectivity index (χ1n) is 8.55. The highest BCUT2D eigenvalue weighted by Gasteiger charge is 2.36. The molecule has 2 fully saturated rings. The van der Waals surface area contributed by atoms with Gasteiger partial charge in [-0.15, -0.1) is 0 Å². The smallest absolute Gasteiger partial charge is 0.309 e. The molecule has 1 saturated carbocycles. The minimum absolute atomic E-state index is 0.114. The normalized spacial score (nSPS) is 21.1. The number of rotatable bonds is 5. The number of amides is 2. The first kappa shape index (κ1) is 17.9. The van der Waals surface area contributed by atoms with Gasteiger partial charge in [-0.3, -0.25) is 9.59 Å². The molecule has 0 bridgehead atoms. The van der Waals surface area contributed by atoms with E-state index in [2.05, 4.69) is 10.6 Å². The fraction of sp³-hybridized carbons (Fsp3) is 0.529. The van der Waals surface area contributed by atoms with Crippen molar-refractivity contribution in [3.05, 3.63) is 29.8 Å². The van der Waals surface area contributed by atoms with Gasteiger partial charge in [0.1, 0.15) is 0 Å². The Bertz CT molecular complexity index is 757. The minimum atomic E-state index is -3.60. The summed E-state index contributed by atoms with van der Waals surface area (Å²) >= 11 is 0. The number of benzene rings is 1. The Morgan fingerprint density at radius 3 is 2.44 bits per heavy atom. The first-order chi connectivity index (χ1) is 11.9. The number of nitrogens with zero attached hydrogens (tertiary/aromatic N) is 1. The van der Waals surface area contributed by atoms with Crippen LogP contribution in [0.2, 0.25) is 0 Å². The molecular formula is C17H23N3O4S. The van der Waals surface area contributed by atoms with Crippen molar-refractivity contribution in [1.29, 1.82) is 0 Å². The van der Waals surface area contributed by atoms with E-state index in [4.69, 9.17) is 0 Å². The van der Waals surface area contributed by atoms with Gasteiger partial charge < -0.3 is 10.6 Å². The number of nitrogens with one attached hydrogen (secondary N) is 2. The van der Waals surface area contributed by atoms with E-state index in [1.165, 1.54) is 4.31 Å². The average molecular weight is 365 g/mol. The van der Waals surface area contributed by atoms with Gasteiger partial charge >= 0.3 is 11.8 Å². The molecule has 7 nitrogen and oxygen atoms in total. The Morgan fingerprint density at radius 2 is 1.80 bits per heavy atom. The molecule has 1 aliphatic carbocycles. The molecule has 0 radical (unpaired) electrons. The number of carbonyl (C=O) groups is 2. The average Bonchev–Trinajstić information content (AvgIpc) is 3.25. The summed E-state index contributed by atoms with van der Waals surface area (Å²) < 4.78 is 27.1. The van der Waals surface area contributed by atoms with E-state index in [0.29, 0.717) is 13.0 Å². The zero-order valence-corrected chi connectivity index (χ0v) is 15.0. The van der Waals surface area contributed by atoms with Crippen LogP contribution in [0, 0.1) is 6.92 Å². The molecule has 1 heterocycles. The van der Waals surface area contributed by atoms with E-state index in [9.17, 15) is 18.0 Å². The Hall–Kier alpha value is -1.93. The van der Waals surface area contributed by atoms with Gasteiger partial charge in [0, 0.05) is 25.2 Å². The third kappa shape index (κ3) is 4.19. The largest absolute Gasteiger partial charge is 0.346 e. The molecule has 1 saturated heterocycles. The van der Waals surface area contributed by atoms with Crippen molar-refractivity contribution in [3.63, 3.8) is 0 Å². The van der Waals surface area contributed by atoms with Crippen molar-refractivity contribution in [3.8, 4) is 0 Å². The summed E-state index contributed by atoms with van der Waals surface area (Å²) in [5.74, 6) is -1.35. The van der Waals surface area contributed by atoms with E-state index < -0.39 is 21.8 Å². The third-order valence-corrected chi connectivity index (χ3v) is 6.53. The Morgan fingerprint density at radius 1 is 1.12 bits per heavy atom. The van der Waals surface area contributed by atoms with Gasteiger partial charge in [0.05, 0.1) is 4.90 Å². The second kappa shape index (κ2) is 7.13. The highest BCUT2D eigenvalue weighted by atomic mass is 32.2. The fourth-order valence-corrected chi connectivity index (χ4v) is 4.64. The van der Waals surface area contributed by atoms with Crippen molar-refractivity contribution >= 4 is 21.8 Å². The molecule has 2 N–H and O–H groups in total. The van der Waals surface area contributed by atoms with Crippen LogP contribution in [0.1, 0.15) is 31.2 Å². The predicted molar refractivity (Wildman–Crippen MR) is 92.3 cm³/mol. The van der Waals surface area contributed by atoms with Crippen molar-refractivity contribution < 1.29 is 18.0 Å². The molecule has 2 amide bonds. The van der Waals surface area contributed by atoms with Crippen LogP contribution in [0.5, 0.6) is 0 Å². The minimum Gasteiger partial charge on any atom is -0.346 e. The van der Waals surface area contributed by atoms with Crippen LogP contribution in [0.25, 0.3) is 0 Å². The molecule has 0 unspecified atom stereocenters. The molecule has 136 valence electrons.